The summed E-state index contributed by atoms with van der Waals surface area (Å²) >= 11 is 3.87. The van der Waals surface area contributed by atoms with Crippen LogP contribution in [-0.4, -0.2) is 35.7 Å². The van der Waals surface area contributed by atoms with Gasteiger partial charge in [-0.25, -0.2) is 4.98 Å². The highest BCUT2D eigenvalue weighted by atomic mass is 32.2. The Morgan fingerprint density at radius 3 is 2.90 bits per heavy atom. The molecule has 3 heterocycles. The molecule has 1 aromatic heterocycles. The third-order valence-electron chi connectivity index (χ3n) is 4.78. The highest BCUT2D eigenvalue weighted by Gasteiger charge is 2.41. The van der Waals surface area contributed by atoms with Crippen molar-refractivity contribution in [3.8, 4) is 0 Å². The zero-order valence-electron chi connectivity index (χ0n) is 12.4. The first-order valence-electron chi connectivity index (χ1n) is 7.53. The van der Waals surface area contributed by atoms with Crippen molar-refractivity contribution in [3.63, 3.8) is 0 Å². The molecule has 3 nitrogen and oxygen atoms in total. The molecule has 0 radical (unpaired) electrons. The van der Waals surface area contributed by atoms with Crippen LogP contribution in [0.5, 0.6) is 0 Å². The highest BCUT2D eigenvalue weighted by molar-refractivity contribution is 7.99. The molecule has 1 aromatic rings. The van der Waals surface area contributed by atoms with Gasteiger partial charge in [-0.2, -0.15) is 11.8 Å². The predicted molar refractivity (Wildman–Crippen MR) is 86.6 cm³/mol. The van der Waals surface area contributed by atoms with Gasteiger partial charge in [0.05, 0.1) is 16.8 Å². The van der Waals surface area contributed by atoms with Crippen molar-refractivity contribution in [2.75, 3.05) is 25.2 Å². The molecule has 0 bridgehead atoms. The summed E-state index contributed by atoms with van der Waals surface area (Å²) in [7, 11) is 2.09. The van der Waals surface area contributed by atoms with Gasteiger partial charge in [0.25, 0.3) is 0 Å². The Bertz CT molecular complexity index is 437. The fourth-order valence-electron chi connectivity index (χ4n) is 3.63. The molecule has 0 amide bonds. The van der Waals surface area contributed by atoms with Crippen LogP contribution in [0.1, 0.15) is 42.3 Å². The van der Waals surface area contributed by atoms with Crippen LogP contribution in [-0.2, 0) is 4.74 Å². The fraction of sp³-hybridized carbons (Fsp3) is 0.800. The molecule has 2 atom stereocenters. The molecule has 2 unspecified atom stereocenters. The Kier molecular flexibility index (Phi) is 4.70. The van der Waals surface area contributed by atoms with E-state index in [2.05, 4.69) is 36.0 Å². The molecule has 1 N–H and O–H groups in total. The van der Waals surface area contributed by atoms with Gasteiger partial charge >= 0.3 is 0 Å². The normalized spacial score (nSPS) is 27.6. The zero-order valence-corrected chi connectivity index (χ0v) is 14.0. The number of rotatable bonds is 3. The maximum absolute atomic E-state index is 6.23. The summed E-state index contributed by atoms with van der Waals surface area (Å²) in [4.78, 5) is 5.84. The number of thioether (sulfide) groups is 1. The monoisotopic (exact) mass is 312 g/mol. The number of ether oxygens (including phenoxy) is 1. The number of aryl methyl sites for hydroxylation is 1. The molecule has 2 saturated heterocycles. The van der Waals surface area contributed by atoms with E-state index in [0.29, 0.717) is 12.0 Å². The second-order valence-electron chi connectivity index (χ2n) is 5.97. The second-order valence-corrected chi connectivity index (χ2v) is 8.08. The van der Waals surface area contributed by atoms with Crippen LogP contribution in [0, 0.1) is 12.8 Å². The molecule has 2 aliphatic rings. The van der Waals surface area contributed by atoms with Crippen molar-refractivity contribution in [2.45, 2.75) is 44.2 Å². The van der Waals surface area contributed by atoms with Crippen molar-refractivity contribution in [3.05, 3.63) is 16.1 Å². The summed E-state index contributed by atoms with van der Waals surface area (Å²) in [5.41, 5.74) is 3.33. The van der Waals surface area contributed by atoms with Crippen molar-refractivity contribution >= 4 is 23.1 Å². The first-order valence-corrected chi connectivity index (χ1v) is 9.56. The van der Waals surface area contributed by atoms with Gasteiger partial charge in [0.2, 0.25) is 0 Å². The lowest BCUT2D eigenvalue weighted by Crippen LogP contribution is -2.45. The maximum atomic E-state index is 6.23. The van der Waals surface area contributed by atoms with Gasteiger partial charge in [0.1, 0.15) is 0 Å². The number of thiazole rings is 1. The SMILES string of the molecule is CNC(c1scnc1C)C1CCOC2(CCSCC2)C1. The molecular formula is C15H24N2OS2. The lowest BCUT2D eigenvalue weighted by atomic mass is 9.78. The quantitative estimate of drug-likeness (QED) is 0.927. The summed E-state index contributed by atoms with van der Waals surface area (Å²) < 4.78 is 6.23. The summed E-state index contributed by atoms with van der Waals surface area (Å²) in [6.45, 7) is 3.05. The molecule has 20 heavy (non-hydrogen) atoms. The van der Waals surface area contributed by atoms with E-state index in [-0.39, 0.29) is 5.60 Å². The van der Waals surface area contributed by atoms with E-state index >= 15 is 0 Å². The van der Waals surface area contributed by atoms with Gasteiger partial charge in [-0.15, -0.1) is 11.3 Å². The Morgan fingerprint density at radius 1 is 1.45 bits per heavy atom. The number of nitrogens with zero attached hydrogens (tertiary/aromatic N) is 1. The van der Waals surface area contributed by atoms with Crippen LogP contribution >= 0.6 is 23.1 Å². The number of aromatic nitrogens is 1. The average Bonchev–Trinajstić information content (AvgIpc) is 2.87. The first kappa shape index (κ1) is 14.8. The van der Waals surface area contributed by atoms with Gasteiger partial charge in [-0.05, 0) is 57.1 Å². The summed E-state index contributed by atoms with van der Waals surface area (Å²) in [5.74, 6) is 3.20. The van der Waals surface area contributed by atoms with E-state index in [0.717, 1.165) is 13.0 Å². The largest absolute Gasteiger partial charge is 0.375 e. The van der Waals surface area contributed by atoms with Crippen LogP contribution in [0.4, 0.5) is 0 Å². The molecule has 2 fully saturated rings. The maximum Gasteiger partial charge on any atom is 0.0798 e. The molecule has 112 valence electrons. The molecule has 0 aliphatic carbocycles. The minimum Gasteiger partial charge on any atom is -0.375 e. The Morgan fingerprint density at radius 2 is 2.25 bits per heavy atom. The predicted octanol–water partition coefficient (Wildman–Crippen LogP) is 3.40. The third-order valence-corrected chi connectivity index (χ3v) is 6.78. The van der Waals surface area contributed by atoms with Gasteiger partial charge in [0.15, 0.2) is 0 Å². The van der Waals surface area contributed by atoms with E-state index in [1.165, 1.54) is 41.3 Å². The standard InChI is InChI=1S/C15H24N2OS2/c1-11-14(20-10-17-11)13(16-2)12-3-6-18-15(9-12)4-7-19-8-5-15/h10,12-13,16H,3-9H2,1-2H3. The summed E-state index contributed by atoms with van der Waals surface area (Å²) in [5, 5.41) is 3.55. The molecule has 2 aliphatic heterocycles. The molecule has 3 rings (SSSR count). The van der Waals surface area contributed by atoms with Gasteiger partial charge in [0, 0.05) is 17.5 Å². The van der Waals surface area contributed by atoms with E-state index in [4.69, 9.17) is 4.74 Å². The van der Waals surface area contributed by atoms with E-state index in [9.17, 15) is 0 Å². The minimum absolute atomic E-state index is 0.169. The smallest absolute Gasteiger partial charge is 0.0798 e. The lowest BCUT2D eigenvalue weighted by Gasteiger charge is -2.45. The van der Waals surface area contributed by atoms with Crippen LogP contribution in [0.15, 0.2) is 5.51 Å². The van der Waals surface area contributed by atoms with Crippen molar-refractivity contribution in [2.24, 2.45) is 5.92 Å². The minimum atomic E-state index is 0.169. The Labute approximate surface area is 129 Å². The Balaban J connectivity index is 1.76. The Hall–Kier alpha value is -0.100. The van der Waals surface area contributed by atoms with Gasteiger partial charge < -0.3 is 10.1 Å². The molecular weight excluding hydrogens is 288 g/mol. The third kappa shape index (κ3) is 2.91. The number of hydrogen-bond acceptors (Lipinski definition) is 5. The van der Waals surface area contributed by atoms with Crippen molar-refractivity contribution in [1.29, 1.82) is 0 Å². The number of nitrogens with one attached hydrogen (secondary N) is 1. The summed E-state index contributed by atoms with van der Waals surface area (Å²) in [6, 6.07) is 0.442. The van der Waals surface area contributed by atoms with E-state index in [1.807, 2.05) is 5.51 Å². The second kappa shape index (κ2) is 6.34. The molecule has 5 heteroatoms. The molecule has 0 aromatic carbocycles. The van der Waals surface area contributed by atoms with Crippen molar-refractivity contribution < 1.29 is 4.74 Å². The molecule has 1 spiro atoms. The van der Waals surface area contributed by atoms with Gasteiger partial charge in [-0.3, -0.25) is 0 Å². The van der Waals surface area contributed by atoms with Crippen molar-refractivity contribution in [1.82, 2.24) is 10.3 Å². The summed E-state index contributed by atoms with van der Waals surface area (Å²) in [6.07, 6.45) is 4.83. The molecule has 0 saturated carbocycles. The van der Waals surface area contributed by atoms with E-state index in [1.54, 1.807) is 11.3 Å². The highest BCUT2D eigenvalue weighted by Crippen LogP contribution is 2.44. The zero-order chi connectivity index (χ0) is 14.0. The topological polar surface area (TPSA) is 34.2 Å². The van der Waals surface area contributed by atoms with Gasteiger partial charge in [-0.1, -0.05) is 0 Å². The average molecular weight is 313 g/mol. The van der Waals surface area contributed by atoms with Crippen LogP contribution in [0.2, 0.25) is 0 Å². The number of hydrogen-bond donors (Lipinski definition) is 1. The lowest BCUT2D eigenvalue weighted by molar-refractivity contribution is -0.107. The van der Waals surface area contributed by atoms with Crippen LogP contribution in [0.3, 0.4) is 0 Å². The van der Waals surface area contributed by atoms with Crippen LogP contribution < -0.4 is 5.32 Å². The van der Waals surface area contributed by atoms with E-state index < -0.39 is 0 Å². The first-order chi connectivity index (χ1) is 9.74. The van der Waals surface area contributed by atoms with Crippen LogP contribution in [0.25, 0.3) is 0 Å². The fourth-order valence-corrected chi connectivity index (χ4v) is 5.87.